The van der Waals surface area contributed by atoms with Crippen LogP contribution < -0.4 is 4.90 Å². The Morgan fingerprint density at radius 1 is 1.21 bits per heavy atom. The highest BCUT2D eigenvalue weighted by molar-refractivity contribution is 9.09. The highest BCUT2D eigenvalue weighted by Gasteiger charge is 2.35. The van der Waals surface area contributed by atoms with Crippen LogP contribution in [0.25, 0.3) is 11.1 Å². The standard InChI is InChI=1S/C20H15BrClN3O3/c21-9-1-2-10-24-18-8-5-14(22)11-16(18)19(20(24)26)17(12-23)13-3-6-15(7-4-13)25(27)28/h3-8,11H,1-2,9-10H2/b19-17-. The molecule has 28 heavy (non-hydrogen) atoms. The van der Waals surface area contributed by atoms with E-state index in [-0.39, 0.29) is 22.7 Å². The van der Waals surface area contributed by atoms with Gasteiger partial charge in [0.05, 0.1) is 21.8 Å². The van der Waals surface area contributed by atoms with E-state index < -0.39 is 4.92 Å². The Hall–Kier alpha value is -2.69. The normalized spacial score (nSPS) is 14.6. The minimum Gasteiger partial charge on any atom is -0.308 e. The average Bonchev–Trinajstić information content (AvgIpc) is 2.95. The summed E-state index contributed by atoms with van der Waals surface area (Å²) >= 11 is 9.53. The molecule has 0 saturated carbocycles. The first-order valence-electron chi connectivity index (χ1n) is 8.55. The number of hydrogen-bond acceptors (Lipinski definition) is 4. The lowest BCUT2D eigenvalue weighted by Gasteiger charge is -2.16. The van der Waals surface area contributed by atoms with E-state index in [4.69, 9.17) is 11.6 Å². The molecule has 1 heterocycles. The largest absolute Gasteiger partial charge is 0.308 e. The molecule has 0 aliphatic carbocycles. The van der Waals surface area contributed by atoms with Gasteiger partial charge in [-0.15, -0.1) is 0 Å². The summed E-state index contributed by atoms with van der Waals surface area (Å²) in [4.78, 5) is 25.2. The van der Waals surface area contributed by atoms with E-state index in [1.54, 1.807) is 23.1 Å². The molecule has 0 aromatic heterocycles. The van der Waals surface area contributed by atoms with Gasteiger partial charge in [-0.1, -0.05) is 27.5 Å². The number of carbonyl (C=O) groups is 1. The topological polar surface area (TPSA) is 87.2 Å². The van der Waals surface area contributed by atoms with Crippen LogP contribution in [0.2, 0.25) is 5.02 Å². The van der Waals surface area contributed by atoms with Gasteiger partial charge in [-0.05, 0) is 48.7 Å². The van der Waals surface area contributed by atoms with E-state index in [9.17, 15) is 20.2 Å². The number of amides is 1. The smallest absolute Gasteiger partial charge is 0.269 e. The van der Waals surface area contributed by atoms with Crippen LogP contribution >= 0.6 is 27.5 Å². The van der Waals surface area contributed by atoms with Gasteiger partial charge >= 0.3 is 0 Å². The molecular formula is C20H15BrClN3O3. The van der Waals surface area contributed by atoms with E-state index in [2.05, 4.69) is 22.0 Å². The van der Waals surface area contributed by atoms with E-state index in [1.165, 1.54) is 24.3 Å². The van der Waals surface area contributed by atoms with Crippen molar-refractivity contribution in [2.45, 2.75) is 12.8 Å². The summed E-state index contributed by atoms with van der Waals surface area (Å²) in [6.07, 6.45) is 1.73. The van der Waals surface area contributed by atoms with Crippen molar-refractivity contribution in [2.75, 3.05) is 16.8 Å². The molecule has 2 aromatic rings. The molecule has 0 spiro atoms. The quantitative estimate of drug-likeness (QED) is 0.148. The summed E-state index contributed by atoms with van der Waals surface area (Å²) in [7, 11) is 0. The Morgan fingerprint density at radius 3 is 2.54 bits per heavy atom. The molecule has 1 amide bonds. The number of allylic oxidation sites excluding steroid dienone is 1. The number of nitriles is 1. The molecule has 0 saturated heterocycles. The summed E-state index contributed by atoms with van der Waals surface area (Å²) in [5, 5.41) is 22.0. The zero-order valence-electron chi connectivity index (χ0n) is 14.7. The number of rotatable bonds is 6. The summed E-state index contributed by atoms with van der Waals surface area (Å²) in [6.45, 7) is 0.529. The van der Waals surface area contributed by atoms with Gasteiger partial charge in [-0.25, -0.2) is 0 Å². The Balaban J connectivity index is 2.12. The third kappa shape index (κ3) is 3.79. The Morgan fingerprint density at radius 2 is 1.93 bits per heavy atom. The molecule has 8 heteroatoms. The molecule has 1 aliphatic rings. The number of benzene rings is 2. The molecule has 6 nitrogen and oxygen atoms in total. The second kappa shape index (κ2) is 8.55. The SMILES string of the molecule is N#C/C(=C1/C(=O)N(CCCCBr)c2ccc(Cl)cc21)c1ccc([N+](=O)[O-])cc1. The Labute approximate surface area is 175 Å². The van der Waals surface area contributed by atoms with E-state index in [0.717, 1.165) is 18.2 Å². The number of carbonyl (C=O) groups excluding carboxylic acids is 1. The van der Waals surface area contributed by atoms with Crippen molar-refractivity contribution in [3.05, 3.63) is 68.7 Å². The van der Waals surface area contributed by atoms with Crippen molar-refractivity contribution >= 4 is 56.0 Å². The molecule has 2 aromatic carbocycles. The van der Waals surface area contributed by atoms with Crippen LogP contribution in [0.3, 0.4) is 0 Å². The highest BCUT2D eigenvalue weighted by Crippen LogP contribution is 2.42. The van der Waals surface area contributed by atoms with Crippen LogP contribution in [0.5, 0.6) is 0 Å². The fourth-order valence-corrected chi connectivity index (χ4v) is 3.71. The molecule has 0 unspecified atom stereocenters. The van der Waals surface area contributed by atoms with Crippen LogP contribution in [-0.4, -0.2) is 22.7 Å². The molecule has 0 atom stereocenters. The van der Waals surface area contributed by atoms with E-state index in [0.29, 0.717) is 28.4 Å². The van der Waals surface area contributed by atoms with Crippen molar-refractivity contribution < 1.29 is 9.72 Å². The number of alkyl halides is 1. The fraction of sp³-hybridized carbons (Fsp3) is 0.200. The molecule has 0 radical (unpaired) electrons. The van der Waals surface area contributed by atoms with Gasteiger partial charge in [0.1, 0.15) is 6.07 Å². The zero-order valence-corrected chi connectivity index (χ0v) is 17.0. The van der Waals surface area contributed by atoms with Gasteiger partial charge in [-0.3, -0.25) is 14.9 Å². The molecule has 0 N–H and O–H groups in total. The van der Waals surface area contributed by atoms with Crippen molar-refractivity contribution in [3.63, 3.8) is 0 Å². The first kappa shape index (κ1) is 20.1. The zero-order chi connectivity index (χ0) is 20.3. The van der Waals surface area contributed by atoms with Crippen molar-refractivity contribution in [1.29, 1.82) is 5.26 Å². The lowest BCUT2D eigenvalue weighted by molar-refractivity contribution is -0.384. The second-order valence-electron chi connectivity index (χ2n) is 6.18. The van der Waals surface area contributed by atoms with Crippen LogP contribution in [0.15, 0.2) is 42.5 Å². The summed E-state index contributed by atoms with van der Waals surface area (Å²) in [5.41, 5.74) is 2.13. The van der Waals surface area contributed by atoms with Gasteiger partial charge < -0.3 is 4.90 Å². The highest BCUT2D eigenvalue weighted by atomic mass is 79.9. The summed E-state index contributed by atoms with van der Waals surface area (Å²) < 4.78 is 0. The number of nitrogens with zero attached hydrogens (tertiary/aromatic N) is 3. The third-order valence-corrected chi connectivity index (χ3v) is 5.27. The summed E-state index contributed by atoms with van der Waals surface area (Å²) in [6, 6.07) is 12.9. The molecule has 0 fully saturated rings. The van der Waals surface area contributed by atoms with Crippen molar-refractivity contribution in [3.8, 4) is 6.07 Å². The maximum atomic E-state index is 13.2. The molecule has 0 bridgehead atoms. The van der Waals surface area contributed by atoms with Gasteiger partial charge in [-0.2, -0.15) is 5.26 Å². The van der Waals surface area contributed by atoms with Crippen molar-refractivity contribution in [2.24, 2.45) is 0 Å². The number of nitro benzene ring substituents is 1. The van der Waals surface area contributed by atoms with Crippen LogP contribution in [0.1, 0.15) is 24.0 Å². The minimum absolute atomic E-state index is 0.0800. The third-order valence-electron chi connectivity index (χ3n) is 4.47. The minimum atomic E-state index is -0.510. The lowest BCUT2D eigenvalue weighted by atomic mass is 9.96. The van der Waals surface area contributed by atoms with Gasteiger partial charge in [0.15, 0.2) is 0 Å². The van der Waals surface area contributed by atoms with Gasteiger partial charge in [0.25, 0.3) is 11.6 Å². The molecule has 142 valence electrons. The first-order valence-corrected chi connectivity index (χ1v) is 10.0. The Kier molecular flexibility index (Phi) is 6.12. The second-order valence-corrected chi connectivity index (χ2v) is 7.41. The van der Waals surface area contributed by atoms with Crippen molar-refractivity contribution in [1.82, 2.24) is 0 Å². The van der Waals surface area contributed by atoms with Crippen LogP contribution in [0, 0.1) is 21.4 Å². The van der Waals surface area contributed by atoms with Crippen LogP contribution in [0.4, 0.5) is 11.4 Å². The first-order chi connectivity index (χ1) is 13.5. The van der Waals surface area contributed by atoms with E-state index in [1.807, 2.05) is 0 Å². The van der Waals surface area contributed by atoms with Crippen LogP contribution in [-0.2, 0) is 4.79 Å². The van der Waals surface area contributed by atoms with Gasteiger partial charge in [0, 0.05) is 34.6 Å². The molecule has 3 rings (SSSR count). The number of anilines is 1. The number of hydrogen-bond donors (Lipinski definition) is 0. The summed E-state index contributed by atoms with van der Waals surface area (Å²) in [5.74, 6) is -0.262. The molecular weight excluding hydrogens is 446 g/mol. The lowest BCUT2D eigenvalue weighted by Crippen LogP contribution is -2.27. The number of non-ortho nitro benzene ring substituents is 1. The maximum Gasteiger partial charge on any atom is 0.269 e. The van der Waals surface area contributed by atoms with E-state index >= 15 is 0 Å². The van der Waals surface area contributed by atoms with Gasteiger partial charge in [0.2, 0.25) is 0 Å². The fourth-order valence-electron chi connectivity index (χ4n) is 3.15. The predicted molar refractivity (Wildman–Crippen MR) is 112 cm³/mol. The monoisotopic (exact) mass is 459 g/mol. The molecule has 1 aliphatic heterocycles. The number of unbranched alkanes of at least 4 members (excludes halogenated alkanes) is 1. The Bertz CT molecular complexity index is 1010. The number of nitro groups is 1. The predicted octanol–water partition coefficient (Wildman–Crippen LogP) is 5.20. The number of halogens is 2. The average molecular weight is 461 g/mol. The number of fused-ring (bicyclic) bond motifs is 1. The maximum absolute atomic E-state index is 13.2.